The van der Waals surface area contributed by atoms with E-state index in [1.165, 1.54) is 7.11 Å². The minimum absolute atomic E-state index is 0.0104. The Hall–Kier alpha value is -3.17. The summed E-state index contributed by atoms with van der Waals surface area (Å²) in [6.45, 7) is 7.34. The van der Waals surface area contributed by atoms with Crippen LogP contribution in [0.15, 0.2) is 18.2 Å². The summed E-state index contributed by atoms with van der Waals surface area (Å²) >= 11 is 6.42. The molecule has 0 saturated carbocycles. The summed E-state index contributed by atoms with van der Waals surface area (Å²) in [5.41, 5.74) is 7.49. The molecule has 2 aliphatic heterocycles. The number of anilines is 2. The molecule has 0 radical (unpaired) electrons. The molecule has 3 N–H and O–H groups in total. The van der Waals surface area contributed by atoms with Gasteiger partial charge in [0.25, 0.3) is 0 Å². The van der Waals surface area contributed by atoms with Gasteiger partial charge in [0.2, 0.25) is 0 Å². The van der Waals surface area contributed by atoms with E-state index in [0.717, 1.165) is 64.1 Å². The van der Waals surface area contributed by atoms with Crippen LogP contribution in [-0.2, 0) is 11.3 Å². The van der Waals surface area contributed by atoms with Gasteiger partial charge in [-0.25, -0.2) is 14.8 Å². The van der Waals surface area contributed by atoms with Crippen LogP contribution < -0.4 is 15.4 Å². The van der Waals surface area contributed by atoms with Gasteiger partial charge in [-0.1, -0.05) is 24.6 Å². The number of hydrogen-bond donors (Lipinski definition) is 2. The summed E-state index contributed by atoms with van der Waals surface area (Å²) in [5, 5.41) is 18.5. The van der Waals surface area contributed by atoms with Crippen LogP contribution in [0, 0.1) is 11.3 Å². The molecule has 2 aliphatic rings. The van der Waals surface area contributed by atoms with E-state index in [2.05, 4.69) is 37.7 Å². The Kier molecular flexibility index (Phi) is 9.80. The molecule has 210 valence electrons. The van der Waals surface area contributed by atoms with Crippen molar-refractivity contribution in [1.82, 2.24) is 19.8 Å². The number of piperidine rings is 1. The Balaban J connectivity index is 1.37. The molecule has 12 heteroatoms. The van der Waals surface area contributed by atoms with Crippen LogP contribution >= 0.6 is 11.6 Å². The lowest BCUT2D eigenvalue weighted by atomic mass is 9.97. The predicted molar refractivity (Wildman–Crippen MR) is 148 cm³/mol. The van der Waals surface area contributed by atoms with E-state index in [1.807, 2.05) is 12.1 Å². The van der Waals surface area contributed by atoms with Gasteiger partial charge in [0.15, 0.2) is 22.5 Å². The fourth-order valence-electron chi connectivity index (χ4n) is 5.47. The molecule has 1 atom stereocenters. The number of likely N-dealkylation sites (tertiary alicyclic amines) is 1. The number of hydrogen-bond acceptors (Lipinski definition) is 11. The van der Waals surface area contributed by atoms with E-state index in [4.69, 9.17) is 31.9 Å². The molecule has 0 amide bonds. The maximum absolute atomic E-state index is 11.9. The van der Waals surface area contributed by atoms with Gasteiger partial charge >= 0.3 is 5.97 Å². The summed E-state index contributed by atoms with van der Waals surface area (Å²) in [7, 11) is 1.26. The number of carbonyl (C=O) groups excluding carboxylic acids is 1. The van der Waals surface area contributed by atoms with Gasteiger partial charge in [-0.3, -0.25) is 9.80 Å². The van der Waals surface area contributed by atoms with Crippen molar-refractivity contribution in [2.45, 2.75) is 44.8 Å². The van der Waals surface area contributed by atoms with Crippen LogP contribution in [0.1, 0.15) is 47.8 Å². The number of nitriles is 1. The van der Waals surface area contributed by atoms with E-state index < -0.39 is 5.97 Å². The number of aliphatic hydroxyl groups excluding tert-OH is 1. The Labute approximate surface area is 234 Å². The first kappa shape index (κ1) is 28.8. The van der Waals surface area contributed by atoms with Crippen molar-refractivity contribution in [3.05, 3.63) is 40.2 Å². The lowest BCUT2D eigenvalue weighted by Crippen LogP contribution is -2.58. The molecule has 4 rings (SSSR count). The van der Waals surface area contributed by atoms with Crippen LogP contribution in [-0.4, -0.2) is 96.0 Å². The average Bonchev–Trinajstić information content (AvgIpc) is 2.97. The van der Waals surface area contributed by atoms with Gasteiger partial charge in [-0.15, -0.1) is 0 Å². The third kappa shape index (κ3) is 6.70. The second kappa shape index (κ2) is 13.3. The number of esters is 1. The number of nitrogens with two attached hydrogens (primary N) is 1. The molecule has 1 aromatic heterocycles. The molecule has 11 nitrogen and oxygen atoms in total. The number of halogens is 1. The fraction of sp³-hybridized carbons (Fsp3) is 0.556. The van der Waals surface area contributed by atoms with Crippen molar-refractivity contribution in [3.63, 3.8) is 0 Å². The highest BCUT2D eigenvalue weighted by Crippen LogP contribution is 2.30. The standard InChI is InChI=1S/C27H36ClN7O4/c1-3-20-17-34(26-24(28)31-23(25(30)32-26)27(37)38-2)10-11-35(20)21-6-8-33(9-7-21)16-19-5-4-18(15-29)14-22(19)39-13-12-36/h4-5,14,20-21,36H,3,6-13,16-17H2,1-2H3,(H2,30,32)/t20-/m0/s1. The van der Waals surface area contributed by atoms with Crippen molar-refractivity contribution >= 4 is 29.2 Å². The minimum atomic E-state index is -0.663. The van der Waals surface area contributed by atoms with Crippen molar-refractivity contribution < 1.29 is 19.4 Å². The topological polar surface area (TPSA) is 141 Å². The van der Waals surface area contributed by atoms with E-state index in [9.17, 15) is 10.1 Å². The van der Waals surface area contributed by atoms with Gasteiger partial charge in [0, 0.05) is 43.8 Å². The average molecular weight is 558 g/mol. The molecule has 0 aliphatic carbocycles. The maximum Gasteiger partial charge on any atom is 0.360 e. The summed E-state index contributed by atoms with van der Waals surface area (Å²) in [6, 6.07) is 8.46. The number of nitrogens with zero attached hydrogens (tertiary/aromatic N) is 6. The van der Waals surface area contributed by atoms with Gasteiger partial charge in [0.1, 0.15) is 12.4 Å². The number of benzene rings is 1. The van der Waals surface area contributed by atoms with Crippen LogP contribution in [0.2, 0.25) is 5.15 Å². The summed E-state index contributed by atoms with van der Waals surface area (Å²) in [6.07, 6.45) is 3.09. The molecule has 39 heavy (non-hydrogen) atoms. The van der Waals surface area contributed by atoms with Gasteiger partial charge < -0.3 is 25.2 Å². The zero-order chi connectivity index (χ0) is 27.9. The number of aromatic nitrogens is 2. The Morgan fingerprint density at radius 3 is 2.69 bits per heavy atom. The third-order valence-electron chi connectivity index (χ3n) is 7.51. The number of rotatable bonds is 9. The maximum atomic E-state index is 11.9. The number of aliphatic hydroxyl groups is 1. The van der Waals surface area contributed by atoms with E-state index >= 15 is 0 Å². The van der Waals surface area contributed by atoms with Crippen molar-refractivity contribution in [3.8, 4) is 11.8 Å². The fourth-order valence-corrected chi connectivity index (χ4v) is 5.71. The number of piperazine rings is 1. The Morgan fingerprint density at radius 1 is 1.26 bits per heavy atom. The lowest BCUT2D eigenvalue weighted by Gasteiger charge is -2.47. The van der Waals surface area contributed by atoms with Crippen molar-refractivity contribution in [2.24, 2.45) is 0 Å². The number of nitrogen functional groups attached to an aromatic ring is 1. The zero-order valence-electron chi connectivity index (χ0n) is 22.5. The Morgan fingerprint density at radius 2 is 2.03 bits per heavy atom. The summed E-state index contributed by atoms with van der Waals surface area (Å²) < 4.78 is 10.4. The largest absolute Gasteiger partial charge is 0.491 e. The van der Waals surface area contributed by atoms with E-state index in [1.54, 1.807) is 6.07 Å². The van der Waals surface area contributed by atoms with Gasteiger partial charge in [-0.05, 0) is 44.5 Å². The summed E-state index contributed by atoms with van der Waals surface area (Å²) in [5.74, 6) is 0.506. The highest BCUT2D eigenvalue weighted by molar-refractivity contribution is 6.32. The van der Waals surface area contributed by atoms with Crippen molar-refractivity contribution in [2.75, 3.05) is 63.7 Å². The number of methoxy groups -OCH3 is 1. The monoisotopic (exact) mass is 557 g/mol. The quantitative estimate of drug-likeness (QED) is 0.439. The molecule has 2 saturated heterocycles. The first-order chi connectivity index (χ1) is 18.9. The molecule has 0 unspecified atom stereocenters. The van der Waals surface area contributed by atoms with Gasteiger partial charge in [-0.2, -0.15) is 5.26 Å². The number of carbonyl (C=O) groups is 1. The molecule has 1 aromatic carbocycles. The van der Waals surface area contributed by atoms with E-state index in [0.29, 0.717) is 29.2 Å². The second-order valence-electron chi connectivity index (χ2n) is 9.82. The lowest BCUT2D eigenvalue weighted by molar-refractivity contribution is 0.0593. The number of ether oxygens (including phenoxy) is 2. The molecule has 0 bridgehead atoms. The van der Waals surface area contributed by atoms with Crippen molar-refractivity contribution in [1.29, 1.82) is 5.26 Å². The molecular weight excluding hydrogens is 522 g/mol. The van der Waals surface area contributed by atoms with Gasteiger partial charge in [0.05, 0.1) is 25.3 Å². The predicted octanol–water partition coefficient (Wildman–Crippen LogP) is 2.31. The highest BCUT2D eigenvalue weighted by atomic mass is 35.5. The minimum Gasteiger partial charge on any atom is -0.491 e. The zero-order valence-corrected chi connectivity index (χ0v) is 23.2. The first-order valence-electron chi connectivity index (χ1n) is 13.3. The molecule has 0 spiro atoms. The second-order valence-corrected chi connectivity index (χ2v) is 10.2. The third-order valence-corrected chi connectivity index (χ3v) is 7.76. The smallest absolute Gasteiger partial charge is 0.360 e. The Bertz CT molecular complexity index is 1200. The molecule has 3 heterocycles. The van der Waals surface area contributed by atoms with Crippen LogP contribution in [0.3, 0.4) is 0 Å². The summed E-state index contributed by atoms with van der Waals surface area (Å²) in [4.78, 5) is 27.6. The highest BCUT2D eigenvalue weighted by Gasteiger charge is 2.34. The van der Waals surface area contributed by atoms with Crippen LogP contribution in [0.4, 0.5) is 11.6 Å². The molecule has 2 fully saturated rings. The first-order valence-corrected chi connectivity index (χ1v) is 13.7. The molecular formula is C27H36ClN7O4. The van der Waals surface area contributed by atoms with Crippen LogP contribution in [0.5, 0.6) is 5.75 Å². The SMILES string of the molecule is CC[C@H]1CN(c2nc(N)c(C(=O)OC)nc2Cl)CCN1C1CCN(Cc2ccc(C#N)cc2OCCO)CC1. The van der Waals surface area contributed by atoms with Crippen LogP contribution in [0.25, 0.3) is 0 Å². The molecule has 2 aromatic rings. The normalized spacial score (nSPS) is 19.1. The van der Waals surface area contributed by atoms with E-state index in [-0.39, 0.29) is 29.9 Å².